The Morgan fingerprint density at radius 2 is 1.90 bits per heavy atom. The second kappa shape index (κ2) is 7.27. The van der Waals surface area contributed by atoms with Crippen LogP contribution in [0.4, 0.5) is 4.79 Å². The van der Waals surface area contributed by atoms with Gasteiger partial charge in [-0.25, -0.2) is 4.79 Å². The number of hydrogen-bond donors (Lipinski definition) is 4. The van der Waals surface area contributed by atoms with Crippen LogP contribution in [-0.2, 0) is 0 Å². The molecular weight excluding hydrogens is 252 g/mol. The molecule has 1 aliphatic heterocycles. The number of carbonyl (C=O) groups is 1. The van der Waals surface area contributed by atoms with Crippen molar-refractivity contribution >= 4 is 6.03 Å². The molecule has 5 nitrogen and oxygen atoms in total. The zero-order valence-electron chi connectivity index (χ0n) is 13.0. The topological polar surface area (TPSA) is 65.2 Å². The molecular formula is C15H30N4O. The molecule has 3 atom stereocenters. The summed E-state index contributed by atoms with van der Waals surface area (Å²) in [5.74, 6) is 1.43. The fourth-order valence-corrected chi connectivity index (χ4v) is 3.09. The largest absolute Gasteiger partial charge is 0.338 e. The Labute approximate surface area is 122 Å². The Bertz CT molecular complexity index is 317. The summed E-state index contributed by atoms with van der Waals surface area (Å²) < 4.78 is 0. The SMILES string of the molecule is CC(C)NC(=O)NCC1CCC1CC(C)NC1CNC1. The highest BCUT2D eigenvalue weighted by Gasteiger charge is 2.32. The zero-order valence-corrected chi connectivity index (χ0v) is 13.0. The van der Waals surface area contributed by atoms with E-state index in [0.29, 0.717) is 18.0 Å². The smallest absolute Gasteiger partial charge is 0.314 e. The van der Waals surface area contributed by atoms with Gasteiger partial charge in [-0.1, -0.05) is 0 Å². The van der Waals surface area contributed by atoms with Gasteiger partial charge >= 0.3 is 6.03 Å². The summed E-state index contributed by atoms with van der Waals surface area (Å²) in [7, 11) is 0. The molecule has 0 radical (unpaired) electrons. The first-order valence-electron chi connectivity index (χ1n) is 8.05. The highest BCUT2D eigenvalue weighted by atomic mass is 16.2. The summed E-state index contributed by atoms with van der Waals surface area (Å²) in [5, 5.41) is 12.8. The molecule has 0 bridgehead atoms. The monoisotopic (exact) mass is 282 g/mol. The average molecular weight is 282 g/mol. The van der Waals surface area contributed by atoms with Crippen molar-refractivity contribution in [1.29, 1.82) is 0 Å². The maximum Gasteiger partial charge on any atom is 0.314 e. The van der Waals surface area contributed by atoms with Gasteiger partial charge in [-0.15, -0.1) is 0 Å². The van der Waals surface area contributed by atoms with Crippen molar-refractivity contribution in [3.05, 3.63) is 0 Å². The van der Waals surface area contributed by atoms with Gasteiger partial charge in [0.15, 0.2) is 0 Å². The maximum atomic E-state index is 11.6. The molecule has 5 heteroatoms. The number of amides is 2. The van der Waals surface area contributed by atoms with Crippen molar-refractivity contribution in [3.8, 4) is 0 Å². The van der Waals surface area contributed by atoms with E-state index in [2.05, 4.69) is 28.2 Å². The summed E-state index contributed by atoms with van der Waals surface area (Å²) in [6.07, 6.45) is 3.80. The normalized spacial score (nSPS) is 27.6. The standard InChI is InChI=1S/C15H30N4O/c1-10(2)18-15(20)17-7-13-5-4-12(13)6-11(3)19-14-8-16-9-14/h10-14,16,19H,4-9H2,1-3H3,(H2,17,18,20). The maximum absolute atomic E-state index is 11.6. The summed E-state index contributed by atoms with van der Waals surface area (Å²) >= 11 is 0. The van der Waals surface area contributed by atoms with E-state index in [-0.39, 0.29) is 12.1 Å². The third kappa shape index (κ3) is 4.63. The molecule has 2 amide bonds. The molecule has 116 valence electrons. The van der Waals surface area contributed by atoms with E-state index < -0.39 is 0 Å². The lowest BCUT2D eigenvalue weighted by Crippen LogP contribution is -2.58. The molecule has 2 rings (SSSR count). The van der Waals surface area contributed by atoms with E-state index in [1.165, 1.54) is 19.3 Å². The predicted octanol–water partition coefficient (Wildman–Crippen LogP) is 1.06. The number of hydrogen-bond acceptors (Lipinski definition) is 3. The number of nitrogens with one attached hydrogen (secondary N) is 4. The van der Waals surface area contributed by atoms with E-state index in [1.807, 2.05) is 13.8 Å². The molecule has 0 aromatic heterocycles. The Hall–Kier alpha value is -0.810. The minimum atomic E-state index is -0.0302. The second-order valence-electron chi connectivity index (χ2n) is 6.77. The summed E-state index contributed by atoms with van der Waals surface area (Å²) in [6, 6.07) is 1.42. The van der Waals surface area contributed by atoms with Gasteiger partial charge in [0.05, 0.1) is 0 Å². The third-order valence-corrected chi connectivity index (χ3v) is 4.48. The Morgan fingerprint density at radius 3 is 2.40 bits per heavy atom. The van der Waals surface area contributed by atoms with Crippen molar-refractivity contribution in [2.45, 2.75) is 58.2 Å². The summed E-state index contributed by atoms with van der Waals surface area (Å²) in [6.45, 7) is 9.28. The van der Waals surface area contributed by atoms with Gasteiger partial charge in [0, 0.05) is 37.8 Å². The molecule has 0 spiro atoms. The predicted molar refractivity (Wildman–Crippen MR) is 81.8 cm³/mol. The lowest BCUT2D eigenvalue weighted by atomic mass is 9.70. The Kier molecular flexibility index (Phi) is 5.66. The van der Waals surface area contributed by atoms with Crippen LogP contribution in [0.25, 0.3) is 0 Å². The number of urea groups is 1. The van der Waals surface area contributed by atoms with Gasteiger partial charge in [-0.05, 0) is 51.9 Å². The van der Waals surface area contributed by atoms with Crippen molar-refractivity contribution in [2.24, 2.45) is 11.8 Å². The van der Waals surface area contributed by atoms with Gasteiger partial charge < -0.3 is 21.3 Å². The summed E-state index contributed by atoms with van der Waals surface area (Å²) in [5.41, 5.74) is 0. The van der Waals surface area contributed by atoms with Gasteiger partial charge in [0.1, 0.15) is 0 Å². The van der Waals surface area contributed by atoms with Crippen molar-refractivity contribution in [2.75, 3.05) is 19.6 Å². The first kappa shape index (κ1) is 15.6. The number of rotatable bonds is 7. The zero-order chi connectivity index (χ0) is 14.5. The fourth-order valence-electron chi connectivity index (χ4n) is 3.09. The van der Waals surface area contributed by atoms with Crippen LogP contribution < -0.4 is 21.3 Å². The Morgan fingerprint density at radius 1 is 1.20 bits per heavy atom. The van der Waals surface area contributed by atoms with Crippen LogP contribution in [0.5, 0.6) is 0 Å². The molecule has 2 fully saturated rings. The van der Waals surface area contributed by atoms with Crippen LogP contribution >= 0.6 is 0 Å². The molecule has 1 heterocycles. The van der Waals surface area contributed by atoms with Crippen LogP contribution in [0.15, 0.2) is 0 Å². The Balaban J connectivity index is 1.60. The highest BCUT2D eigenvalue weighted by molar-refractivity contribution is 5.74. The minimum absolute atomic E-state index is 0.0302. The van der Waals surface area contributed by atoms with E-state index >= 15 is 0 Å². The quantitative estimate of drug-likeness (QED) is 0.564. The van der Waals surface area contributed by atoms with Gasteiger partial charge in [-0.3, -0.25) is 0 Å². The molecule has 1 saturated heterocycles. The van der Waals surface area contributed by atoms with Gasteiger partial charge in [-0.2, -0.15) is 0 Å². The van der Waals surface area contributed by atoms with Crippen LogP contribution in [0, 0.1) is 11.8 Å². The van der Waals surface area contributed by atoms with Crippen molar-refractivity contribution < 1.29 is 4.79 Å². The van der Waals surface area contributed by atoms with Gasteiger partial charge in [0.2, 0.25) is 0 Å². The van der Waals surface area contributed by atoms with E-state index in [9.17, 15) is 4.79 Å². The third-order valence-electron chi connectivity index (χ3n) is 4.48. The van der Waals surface area contributed by atoms with Crippen LogP contribution in [0.3, 0.4) is 0 Å². The summed E-state index contributed by atoms with van der Waals surface area (Å²) in [4.78, 5) is 11.6. The molecule has 0 aromatic rings. The number of carbonyl (C=O) groups excluding carboxylic acids is 1. The molecule has 0 aromatic carbocycles. The average Bonchev–Trinajstić information content (AvgIpc) is 2.29. The van der Waals surface area contributed by atoms with Crippen molar-refractivity contribution in [1.82, 2.24) is 21.3 Å². The lowest BCUT2D eigenvalue weighted by Gasteiger charge is -2.40. The fraction of sp³-hybridized carbons (Fsp3) is 0.933. The van der Waals surface area contributed by atoms with Crippen LogP contribution in [0.2, 0.25) is 0 Å². The highest BCUT2D eigenvalue weighted by Crippen LogP contribution is 2.37. The molecule has 4 N–H and O–H groups in total. The van der Waals surface area contributed by atoms with Crippen LogP contribution in [0.1, 0.15) is 40.0 Å². The molecule has 2 aliphatic rings. The van der Waals surface area contributed by atoms with E-state index in [1.54, 1.807) is 0 Å². The van der Waals surface area contributed by atoms with E-state index in [0.717, 1.165) is 25.6 Å². The first-order valence-corrected chi connectivity index (χ1v) is 8.05. The van der Waals surface area contributed by atoms with Gasteiger partial charge in [0.25, 0.3) is 0 Å². The molecule has 3 unspecified atom stereocenters. The van der Waals surface area contributed by atoms with Crippen LogP contribution in [-0.4, -0.2) is 43.8 Å². The second-order valence-corrected chi connectivity index (χ2v) is 6.77. The van der Waals surface area contributed by atoms with E-state index in [4.69, 9.17) is 0 Å². The molecule has 20 heavy (non-hydrogen) atoms. The first-order chi connectivity index (χ1) is 9.54. The lowest BCUT2D eigenvalue weighted by molar-refractivity contribution is 0.142. The molecule has 1 saturated carbocycles. The minimum Gasteiger partial charge on any atom is -0.338 e. The van der Waals surface area contributed by atoms with Crippen molar-refractivity contribution in [3.63, 3.8) is 0 Å². The molecule has 1 aliphatic carbocycles.